The van der Waals surface area contributed by atoms with Gasteiger partial charge in [-0.25, -0.2) is 0 Å². The highest BCUT2D eigenvalue weighted by Gasteiger charge is 2.71. The molecule has 0 bridgehead atoms. The van der Waals surface area contributed by atoms with Gasteiger partial charge in [0, 0.05) is 18.3 Å². The fourth-order valence-corrected chi connectivity index (χ4v) is 13.4. The maximum absolute atomic E-state index is 14.7. The molecule has 0 amide bonds. The second kappa shape index (κ2) is 11.5. The Morgan fingerprint density at radius 1 is 0.816 bits per heavy atom. The first-order chi connectivity index (χ1) is 22.5. The SMILES string of the molecule is CC(C)C1=C2[C@H]3CC[C@@H]4[C@@]5(C)CC[C@H](OC(=O)CC(C)(C)C(=O)O)C(C)(C)[C@@H]5CC[C@@]4(C)[C@]3(C)CC[C@@]2(C(=O)CC(C)(C)C2CC2)CC1=O. The van der Waals surface area contributed by atoms with Gasteiger partial charge >= 0.3 is 11.9 Å². The molecule has 8 atom stereocenters. The molecule has 0 radical (unpaired) electrons. The first-order valence-corrected chi connectivity index (χ1v) is 19.7. The summed E-state index contributed by atoms with van der Waals surface area (Å²) < 4.78 is 6.16. The van der Waals surface area contributed by atoms with Gasteiger partial charge in [0.05, 0.1) is 17.3 Å². The standard InChI is InChI=1S/C43H66O6/c1-25(2)34-28(44)22-43(31(45)23-37(3,4)26-12-13-26)21-20-41(10)27(35(34)43)14-15-30-40(9)18-17-32(49-33(46)24-38(5,6)36(47)48)39(7,8)29(40)16-19-42(30,41)11/h25-27,29-30,32H,12-24H2,1-11H3,(H,47,48)/t27-,29+,30-,32+,40+,41-,42-,43+/m1/s1. The maximum atomic E-state index is 14.7. The number of allylic oxidation sites excluding steroid dienone is 2. The zero-order chi connectivity index (χ0) is 36.3. The summed E-state index contributed by atoms with van der Waals surface area (Å²) in [5.74, 6) is 1.05. The molecule has 0 aromatic carbocycles. The molecular formula is C43H66O6. The van der Waals surface area contributed by atoms with Crippen LogP contribution in [0.4, 0.5) is 0 Å². The Bertz CT molecular complexity index is 1460. The number of fused-ring (bicyclic) bond motifs is 7. The van der Waals surface area contributed by atoms with Crippen molar-refractivity contribution < 1.29 is 29.0 Å². The van der Waals surface area contributed by atoms with E-state index < -0.39 is 22.8 Å². The van der Waals surface area contributed by atoms with Gasteiger partial charge in [0.2, 0.25) is 0 Å². The highest BCUT2D eigenvalue weighted by atomic mass is 16.5. The van der Waals surface area contributed by atoms with Gasteiger partial charge in [-0.3, -0.25) is 19.2 Å². The number of carboxylic acid groups (broad SMARTS) is 1. The Balaban J connectivity index is 1.30. The van der Waals surface area contributed by atoms with Gasteiger partial charge in [0.25, 0.3) is 0 Å². The number of carbonyl (C=O) groups is 4. The highest BCUT2D eigenvalue weighted by molar-refractivity contribution is 6.07. The molecule has 274 valence electrons. The fourth-order valence-electron chi connectivity index (χ4n) is 13.4. The Hall–Kier alpha value is -1.98. The molecule has 0 unspecified atom stereocenters. The van der Waals surface area contributed by atoms with E-state index >= 15 is 0 Å². The average Bonchev–Trinajstić information content (AvgIpc) is 3.78. The number of ketones is 2. The van der Waals surface area contributed by atoms with Crippen LogP contribution in [0.3, 0.4) is 0 Å². The molecule has 0 saturated heterocycles. The first kappa shape index (κ1) is 36.8. The number of hydrogen-bond acceptors (Lipinski definition) is 5. The minimum Gasteiger partial charge on any atom is -0.481 e. The maximum Gasteiger partial charge on any atom is 0.309 e. The number of rotatable bonds is 9. The molecule has 0 aromatic rings. The summed E-state index contributed by atoms with van der Waals surface area (Å²) in [4.78, 5) is 53.5. The van der Waals surface area contributed by atoms with Crippen molar-refractivity contribution in [3.63, 3.8) is 0 Å². The Morgan fingerprint density at radius 2 is 1.47 bits per heavy atom. The molecule has 5 fully saturated rings. The molecule has 0 aliphatic heterocycles. The van der Waals surface area contributed by atoms with Crippen LogP contribution in [0.25, 0.3) is 0 Å². The quantitative estimate of drug-likeness (QED) is 0.244. The normalized spacial score (nSPS) is 40.3. The summed E-state index contributed by atoms with van der Waals surface area (Å²) in [6.45, 7) is 24.2. The van der Waals surface area contributed by atoms with Crippen molar-refractivity contribution in [3.05, 3.63) is 11.1 Å². The van der Waals surface area contributed by atoms with E-state index in [4.69, 9.17) is 4.74 Å². The molecule has 6 nitrogen and oxygen atoms in total. The lowest BCUT2D eigenvalue weighted by atomic mass is 9.33. The van der Waals surface area contributed by atoms with Gasteiger partial charge in [-0.15, -0.1) is 0 Å². The van der Waals surface area contributed by atoms with Crippen molar-refractivity contribution in [2.45, 2.75) is 166 Å². The predicted octanol–water partition coefficient (Wildman–Crippen LogP) is 9.78. The lowest BCUT2D eigenvalue weighted by molar-refractivity contribution is -0.233. The summed E-state index contributed by atoms with van der Waals surface area (Å²) in [6.07, 6.45) is 10.9. The van der Waals surface area contributed by atoms with Crippen LogP contribution in [0.2, 0.25) is 0 Å². The fraction of sp³-hybridized carbons (Fsp3) is 0.860. The molecular weight excluding hydrogens is 612 g/mol. The van der Waals surface area contributed by atoms with Gasteiger partial charge in [0.1, 0.15) is 11.9 Å². The molecule has 6 rings (SSSR count). The number of aliphatic carboxylic acids is 1. The minimum atomic E-state index is -1.16. The number of carbonyl (C=O) groups excluding carboxylic acids is 3. The van der Waals surface area contributed by atoms with Crippen LogP contribution in [0.15, 0.2) is 11.1 Å². The van der Waals surface area contributed by atoms with Crippen molar-refractivity contribution in [2.75, 3.05) is 0 Å². The van der Waals surface area contributed by atoms with Crippen LogP contribution in [-0.4, -0.2) is 34.7 Å². The minimum absolute atomic E-state index is 0.00431. The summed E-state index contributed by atoms with van der Waals surface area (Å²) >= 11 is 0. The van der Waals surface area contributed by atoms with E-state index in [0.717, 1.165) is 56.9 Å². The van der Waals surface area contributed by atoms with E-state index in [2.05, 4.69) is 62.3 Å². The molecule has 0 aromatic heterocycles. The third-order valence-electron chi connectivity index (χ3n) is 16.6. The van der Waals surface area contributed by atoms with E-state index in [9.17, 15) is 24.3 Å². The van der Waals surface area contributed by atoms with Gasteiger partial charge in [-0.05, 0) is 140 Å². The number of carboxylic acids is 1. The van der Waals surface area contributed by atoms with Crippen molar-refractivity contribution in [1.82, 2.24) is 0 Å². The molecule has 6 aliphatic rings. The third kappa shape index (κ3) is 5.36. The topological polar surface area (TPSA) is 97.7 Å². The van der Waals surface area contributed by atoms with Crippen LogP contribution >= 0.6 is 0 Å². The second-order valence-electron chi connectivity index (χ2n) is 20.8. The van der Waals surface area contributed by atoms with E-state index in [1.54, 1.807) is 13.8 Å². The lowest BCUT2D eigenvalue weighted by Gasteiger charge is -2.72. The zero-order valence-corrected chi connectivity index (χ0v) is 32.6. The van der Waals surface area contributed by atoms with Crippen LogP contribution < -0.4 is 0 Å². The van der Waals surface area contributed by atoms with Crippen molar-refractivity contribution >= 4 is 23.5 Å². The largest absolute Gasteiger partial charge is 0.481 e. The summed E-state index contributed by atoms with van der Waals surface area (Å²) in [7, 11) is 0. The summed E-state index contributed by atoms with van der Waals surface area (Å²) in [5.41, 5.74) is 0.382. The van der Waals surface area contributed by atoms with E-state index in [0.29, 0.717) is 36.4 Å². The van der Waals surface area contributed by atoms with Crippen LogP contribution in [-0.2, 0) is 23.9 Å². The number of esters is 1. The van der Waals surface area contributed by atoms with Gasteiger partial charge in [-0.1, -0.05) is 62.3 Å². The number of Topliss-reactive ketones (excluding diaryl/α,β-unsaturated/α-hetero) is 2. The number of hydrogen-bond donors (Lipinski definition) is 1. The Labute approximate surface area is 296 Å². The van der Waals surface area contributed by atoms with Crippen molar-refractivity contribution in [2.24, 2.45) is 67.5 Å². The highest BCUT2D eigenvalue weighted by Crippen LogP contribution is 2.77. The molecule has 1 N–H and O–H groups in total. The van der Waals surface area contributed by atoms with Crippen LogP contribution in [0.1, 0.15) is 160 Å². The predicted molar refractivity (Wildman–Crippen MR) is 191 cm³/mol. The first-order valence-electron chi connectivity index (χ1n) is 19.7. The summed E-state index contributed by atoms with van der Waals surface area (Å²) in [6, 6.07) is 0. The lowest BCUT2D eigenvalue weighted by Crippen LogP contribution is -2.66. The zero-order valence-electron chi connectivity index (χ0n) is 32.6. The van der Waals surface area contributed by atoms with Crippen molar-refractivity contribution in [3.8, 4) is 0 Å². The second-order valence-corrected chi connectivity index (χ2v) is 20.8. The molecule has 0 heterocycles. The molecule has 6 aliphatic carbocycles. The molecule has 49 heavy (non-hydrogen) atoms. The van der Waals surface area contributed by atoms with Gasteiger partial charge < -0.3 is 9.84 Å². The molecule has 0 spiro atoms. The summed E-state index contributed by atoms with van der Waals surface area (Å²) in [5, 5.41) is 9.59. The van der Waals surface area contributed by atoms with Gasteiger partial charge in [0.15, 0.2) is 5.78 Å². The smallest absolute Gasteiger partial charge is 0.309 e. The van der Waals surface area contributed by atoms with Crippen LogP contribution in [0, 0.1) is 67.5 Å². The van der Waals surface area contributed by atoms with E-state index in [1.165, 1.54) is 18.4 Å². The van der Waals surface area contributed by atoms with Gasteiger partial charge in [-0.2, -0.15) is 0 Å². The van der Waals surface area contributed by atoms with Crippen molar-refractivity contribution in [1.29, 1.82) is 0 Å². The average molecular weight is 679 g/mol. The molecule has 5 saturated carbocycles. The number of ether oxygens (including phenoxy) is 1. The third-order valence-corrected chi connectivity index (χ3v) is 16.6. The molecule has 6 heteroatoms. The Kier molecular flexibility index (Phi) is 8.64. The van der Waals surface area contributed by atoms with E-state index in [-0.39, 0.29) is 57.2 Å². The van der Waals surface area contributed by atoms with Crippen LogP contribution in [0.5, 0.6) is 0 Å². The monoisotopic (exact) mass is 678 g/mol. The Morgan fingerprint density at radius 3 is 2.06 bits per heavy atom. The van der Waals surface area contributed by atoms with E-state index in [1.807, 2.05) is 0 Å².